The molecule has 0 spiro atoms. The highest BCUT2D eigenvalue weighted by Gasteiger charge is 2.41. The predicted molar refractivity (Wildman–Crippen MR) is 46.5 cm³/mol. The molecule has 0 saturated heterocycles. The van der Waals surface area contributed by atoms with Crippen molar-refractivity contribution in [1.82, 2.24) is 9.55 Å². The molecular weight excluding hydrogens is 236 g/mol. The quantitative estimate of drug-likeness (QED) is 0.627. The number of aromatic amines is 1. The number of aromatic nitrogens is 2. The molecule has 0 bridgehead atoms. The molecular formula is C7H8F4N2OS. The molecule has 0 radical (unpaired) electrons. The van der Waals surface area contributed by atoms with E-state index in [1.807, 2.05) is 0 Å². The molecule has 0 aliphatic heterocycles. The fourth-order valence-corrected chi connectivity index (χ4v) is 1.26. The molecule has 0 atom stereocenters. The van der Waals surface area contributed by atoms with Crippen LogP contribution in [0.1, 0.15) is 5.69 Å². The van der Waals surface area contributed by atoms with Gasteiger partial charge in [0.2, 0.25) is 0 Å². The molecule has 86 valence electrons. The summed E-state index contributed by atoms with van der Waals surface area (Å²) in [5.74, 6) is -4.16. The molecule has 15 heavy (non-hydrogen) atoms. The van der Waals surface area contributed by atoms with Gasteiger partial charge in [0.1, 0.15) is 0 Å². The number of H-pyrrole nitrogens is 1. The van der Waals surface area contributed by atoms with E-state index in [1.165, 1.54) is 6.20 Å². The van der Waals surface area contributed by atoms with E-state index in [0.29, 0.717) is 0 Å². The van der Waals surface area contributed by atoms with Gasteiger partial charge in [0.15, 0.2) is 4.77 Å². The first kappa shape index (κ1) is 12.2. The van der Waals surface area contributed by atoms with E-state index in [2.05, 4.69) is 17.2 Å². The average molecular weight is 244 g/mol. The van der Waals surface area contributed by atoms with Gasteiger partial charge >= 0.3 is 12.3 Å². The van der Waals surface area contributed by atoms with E-state index in [-0.39, 0.29) is 10.5 Å². The van der Waals surface area contributed by atoms with Crippen LogP contribution >= 0.6 is 12.2 Å². The minimum Gasteiger partial charge on any atom is -0.390 e. The van der Waals surface area contributed by atoms with Crippen molar-refractivity contribution in [2.45, 2.75) is 25.5 Å². The Labute approximate surface area is 87.3 Å². The Hall–Kier alpha value is -0.890. The molecule has 1 rings (SSSR count). The molecule has 3 nitrogen and oxygen atoms in total. The van der Waals surface area contributed by atoms with Gasteiger partial charge in [-0.15, -0.1) is 0 Å². The molecule has 1 aromatic rings. The van der Waals surface area contributed by atoms with Crippen molar-refractivity contribution in [3.05, 3.63) is 16.7 Å². The predicted octanol–water partition coefficient (Wildman–Crippen LogP) is 1.94. The fourth-order valence-electron chi connectivity index (χ4n) is 1.02. The topological polar surface area (TPSA) is 40.9 Å². The number of imidazole rings is 1. The van der Waals surface area contributed by atoms with Crippen molar-refractivity contribution >= 4 is 12.2 Å². The third kappa shape index (κ3) is 2.57. The number of nitrogens with one attached hydrogen (secondary N) is 1. The van der Waals surface area contributed by atoms with Crippen LogP contribution in [0.2, 0.25) is 0 Å². The normalized spacial score (nSPS) is 12.4. The van der Waals surface area contributed by atoms with Crippen LogP contribution < -0.4 is 0 Å². The van der Waals surface area contributed by atoms with E-state index in [4.69, 9.17) is 5.11 Å². The molecule has 1 heterocycles. The monoisotopic (exact) mass is 244 g/mol. The maximum Gasteiger partial charge on any atom is 0.324 e. The van der Waals surface area contributed by atoms with E-state index in [0.717, 1.165) is 4.57 Å². The standard InChI is InChI=1S/C7H8F4N2OS/c8-5(9)7(10,11)3-13-4(2-14)1-12-6(13)15/h1,5,14H,2-3H2,(H,12,15). The maximum absolute atomic E-state index is 12.7. The molecule has 1 aromatic heterocycles. The van der Waals surface area contributed by atoms with Gasteiger partial charge in [-0.25, -0.2) is 8.78 Å². The van der Waals surface area contributed by atoms with E-state index >= 15 is 0 Å². The molecule has 0 aromatic carbocycles. The maximum atomic E-state index is 12.7. The molecule has 0 unspecified atom stereocenters. The lowest BCUT2D eigenvalue weighted by Gasteiger charge is -2.16. The SMILES string of the molecule is OCc1c[nH]c(=S)n1CC(F)(F)C(F)F. The molecule has 8 heteroatoms. The Morgan fingerprint density at radius 2 is 2.13 bits per heavy atom. The van der Waals surface area contributed by atoms with E-state index in [1.54, 1.807) is 0 Å². The molecule has 0 fully saturated rings. The van der Waals surface area contributed by atoms with Crippen molar-refractivity contribution < 1.29 is 22.7 Å². The number of hydrogen-bond acceptors (Lipinski definition) is 2. The van der Waals surface area contributed by atoms with Crippen molar-refractivity contribution in [2.75, 3.05) is 0 Å². The van der Waals surface area contributed by atoms with Crippen LogP contribution in [0.25, 0.3) is 0 Å². The van der Waals surface area contributed by atoms with Crippen molar-refractivity contribution in [3.63, 3.8) is 0 Å². The fraction of sp³-hybridized carbons (Fsp3) is 0.571. The molecule has 0 amide bonds. The Balaban J connectivity index is 2.98. The largest absolute Gasteiger partial charge is 0.390 e. The molecule has 2 N–H and O–H groups in total. The number of aliphatic hydroxyl groups is 1. The summed E-state index contributed by atoms with van der Waals surface area (Å²) in [6.45, 7) is -1.80. The average Bonchev–Trinajstić information content (AvgIpc) is 2.47. The Bertz CT molecular complexity index is 387. The summed E-state index contributed by atoms with van der Waals surface area (Å²) in [6.07, 6.45) is -2.56. The Morgan fingerprint density at radius 1 is 1.53 bits per heavy atom. The first-order valence-electron chi connectivity index (χ1n) is 3.92. The number of halogens is 4. The first-order valence-corrected chi connectivity index (χ1v) is 4.33. The van der Waals surface area contributed by atoms with Crippen LogP contribution in [-0.4, -0.2) is 27.0 Å². The van der Waals surface area contributed by atoms with Crippen LogP contribution in [0.3, 0.4) is 0 Å². The summed E-state index contributed by atoms with van der Waals surface area (Å²) in [6, 6.07) is 0. The van der Waals surface area contributed by atoms with Crippen LogP contribution in [0.5, 0.6) is 0 Å². The highest BCUT2D eigenvalue weighted by molar-refractivity contribution is 7.71. The summed E-state index contributed by atoms with van der Waals surface area (Å²) < 4.78 is 49.8. The van der Waals surface area contributed by atoms with Gasteiger partial charge in [-0.1, -0.05) is 0 Å². The van der Waals surface area contributed by atoms with Gasteiger partial charge < -0.3 is 14.7 Å². The lowest BCUT2D eigenvalue weighted by Crippen LogP contribution is -2.32. The van der Waals surface area contributed by atoms with Gasteiger partial charge in [-0.05, 0) is 12.2 Å². The minimum absolute atomic E-state index is 0.0420. The van der Waals surface area contributed by atoms with E-state index < -0.39 is 25.5 Å². The lowest BCUT2D eigenvalue weighted by molar-refractivity contribution is -0.138. The second kappa shape index (κ2) is 4.31. The number of alkyl halides is 4. The summed E-state index contributed by atoms with van der Waals surface area (Å²) in [5, 5.41) is 8.75. The summed E-state index contributed by atoms with van der Waals surface area (Å²) >= 11 is 4.61. The molecule has 0 aliphatic carbocycles. The van der Waals surface area contributed by atoms with E-state index in [9.17, 15) is 17.6 Å². The smallest absolute Gasteiger partial charge is 0.324 e. The Morgan fingerprint density at radius 3 is 2.60 bits per heavy atom. The summed E-state index contributed by atoms with van der Waals surface area (Å²) in [4.78, 5) is 2.39. The Kier molecular flexibility index (Phi) is 3.50. The van der Waals surface area contributed by atoms with Crippen molar-refractivity contribution in [3.8, 4) is 0 Å². The number of aliphatic hydroxyl groups excluding tert-OH is 1. The number of hydrogen-bond donors (Lipinski definition) is 2. The van der Waals surface area contributed by atoms with Crippen LogP contribution in [0, 0.1) is 4.77 Å². The third-order valence-corrected chi connectivity index (χ3v) is 2.14. The second-order valence-electron chi connectivity index (χ2n) is 2.89. The minimum atomic E-state index is -4.16. The molecule has 0 saturated carbocycles. The van der Waals surface area contributed by atoms with Crippen molar-refractivity contribution in [2.24, 2.45) is 0 Å². The van der Waals surface area contributed by atoms with Crippen LogP contribution in [-0.2, 0) is 13.2 Å². The lowest BCUT2D eigenvalue weighted by atomic mass is 10.3. The summed E-state index contributed by atoms with van der Waals surface area (Å²) in [5.41, 5.74) is 0.0420. The van der Waals surface area contributed by atoms with Gasteiger partial charge in [-0.2, -0.15) is 8.78 Å². The zero-order chi connectivity index (χ0) is 11.6. The molecule has 0 aliphatic rings. The summed E-state index contributed by atoms with van der Waals surface area (Å²) in [7, 11) is 0. The highest BCUT2D eigenvalue weighted by atomic mass is 32.1. The van der Waals surface area contributed by atoms with Gasteiger partial charge in [0.25, 0.3) is 0 Å². The first-order chi connectivity index (χ1) is 6.88. The zero-order valence-electron chi connectivity index (χ0n) is 7.38. The third-order valence-electron chi connectivity index (χ3n) is 1.80. The highest BCUT2D eigenvalue weighted by Crippen LogP contribution is 2.25. The van der Waals surface area contributed by atoms with Crippen LogP contribution in [0.4, 0.5) is 17.6 Å². The van der Waals surface area contributed by atoms with Gasteiger partial charge in [0.05, 0.1) is 18.8 Å². The van der Waals surface area contributed by atoms with Crippen molar-refractivity contribution in [1.29, 1.82) is 0 Å². The van der Waals surface area contributed by atoms with Crippen LogP contribution in [0.15, 0.2) is 6.20 Å². The second-order valence-corrected chi connectivity index (χ2v) is 3.28. The number of rotatable bonds is 4. The zero-order valence-corrected chi connectivity index (χ0v) is 8.20. The number of nitrogens with zero attached hydrogens (tertiary/aromatic N) is 1. The van der Waals surface area contributed by atoms with Gasteiger partial charge in [0, 0.05) is 6.20 Å². The van der Waals surface area contributed by atoms with Gasteiger partial charge in [-0.3, -0.25) is 0 Å².